The fourth-order valence-corrected chi connectivity index (χ4v) is 4.46. The van der Waals surface area contributed by atoms with Gasteiger partial charge in [0.05, 0.1) is 31.8 Å². The summed E-state index contributed by atoms with van der Waals surface area (Å²) in [4.78, 5) is 44.1. The highest BCUT2D eigenvalue weighted by Crippen LogP contribution is 2.30. The topological polar surface area (TPSA) is 98.3 Å². The summed E-state index contributed by atoms with van der Waals surface area (Å²) < 4.78 is 35.7. The predicted octanol–water partition coefficient (Wildman–Crippen LogP) is 3.06. The van der Waals surface area contributed by atoms with Crippen LogP contribution in [0.2, 0.25) is 0 Å². The fourth-order valence-electron chi connectivity index (χ4n) is 2.54. The van der Waals surface area contributed by atoms with Crippen LogP contribution in [0.25, 0.3) is 10.2 Å². The SMILES string of the molecule is COC(=O)Cc1c(C(=O)OC)sc2nc(CSc3ccc(F)c(F)c3)[nH]c(=O)c12. The number of ether oxygens (including phenoxy) is 2. The lowest BCUT2D eigenvalue weighted by atomic mass is 10.1. The number of nitrogens with one attached hydrogen (secondary N) is 1. The summed E-state index contributed by atoms with van der Waals surface area (Å²) in [6.07, 6.45) is -0.283. The van der Waals surface area contributed by atoms with Crippen LogP contribution in [-0.2, 0) is 26.4 Å². The first-order chi connectivity index (χ1) is 13.8. The Balaban J connectivity index is 1.97. The van der Waals surface area contributed by atoms with Gasteiger partial charge in [-0.15, -0.1) is 23.1 Å². The summed E-state index contributed by atoms with van der Waals surface area (Å²) in [5, 5.41) is 0.113. The van der Waals surface area contributed by atoms with Crippen molar-refractivity contribution in [2.24, 2.45) is 0 Å². The zero-order valence-electron chi connectivity index (χ0n) is 15.2. The minimum Gasteiger partial charge on any atom is -0.469 e. The molecule has 7 nitrogen and oxygen atoms in total. The molecule has 0 aliphatic rings. The highest BCUT2D eigenvalue weighted by Gasteiger charge is 2.24. The number of aromatic amines is 1. The van der Waals surface area contributed by atoms with Gasteiger partial charge in [0.1, 0.15) is 15.5 Å². The molecule has 152 valence electrons. The van der Waals surface area contributed by atoms with E-state index in [1.807, 2.05) is 0 Å². The van der Waals surface area contributed by atoms with Crippen molar-refractivity contribution in [3.63, 3.8) is 0 Å². The standard InChI is InChI=1S/C18H14F2N2O5S2/c1-26-13(23)6-9-14-16(24)21-12(22-17(14)29-15(9)18(25)27-2)7-28-8-3-4-10(19)11(20)5-8/h3-5H,6-7H2,1-2H3,(H,21,22,24). The van der Waals surface area contributed by atoms with E-state index in [-0.39, 0.29) is 38.7 Å². The van der Waals surface area contributed by atoms with E-state index in [0.717, 1.165) is 35.2 Å². The first kappa shape index (κ1) is 20.9. The number of aromatic nitrogens is 2. The van der Waals surface area contributed by atoms with Crippen molar-refractivity contribution in [3.8, 4) is 0 Å². The summed E-state index contributed by atoms with van der Waals surface area (Å²) in [6, 6.07) is 3.47. The van der Waals surface area contributed by atoms with Crippen LogP contribution < -0.4 is 5.56 Å². The molecule has 29 heavy (non-hydrogen) atoms. The van der Waals surface area contributed by atoms with Gasteiger partial charge in [0.2, 0.25) is 0 Å². The molecule has 1 N–H and O–H groups in total. The molecule has 0 atom stereocenters. The van der Waals surface area contributed by atoms with Crippen molar-refractivity contribution in [1.29, 1.82) is 0 Å². The quantitative estimate of drug-likeness (QED) is 0.465. The van der Waals surface area contributed by atoms with Gasteiger partial charge < -0.3 is 14.5 Å². The molecular formula is C18H14F2N2O5S2. The van der Waals surface area contributed by atoms with Gasteiger partial charge >= 0.3 is 11.9 Å². The third-order valence-electron chi connectivity index (χ3n) is 3.90. The molecule has 0 aliphatic carbocycles. The summed E-state index contributed by atoms with van der Waals surface area (Å²) in [6.45, 7) is 0. The molecule has 0 radical (unpaired) electrons. The largest absolute Gasteiger partial charge is 0.469 e. The van der Waals surface area contributed by atoms with Gasteiger partial charge in [-0.1, -0.05) is 0 Å². The average molecular weight is 440 g/mol. The average Bonchev–Trinajstić information content (AvgIpc) is 3.06. The minimum atomic E-state index is -0.972. The second-order valence-electron chi connectivity index (χ2n) is 5.71. The number of esters is 2. The number of fused-ring (bicyclic) bond motifs is 1. The molecule has 0 bridgehead atoms. The Morgan fingerprint density at radius 1 is 1.21 bits per heavy atom. The highest BCUT2D eigenvalue weighted by molar-refractivity contribution is 7.98. The van der Waals surface area contributed by atoms with Crippen molar-refractivity contribution in [2.45, 2.75) is 17.1 Å². The second-order valence-corrected chi connectivity index (χ2v) is 7.76. The van der Waals surface area contributed by atoms with Crippen LogP contribution in [-0.4, -0.2) is 36.1 Å². The third kappa shape index (κ3) is 4.46. The summed E-state index contributed by atoms with van der Waals surface area (Å²) in [5.41, 5.74) is -0.335. The Labute approximate surface area is 171 Å². The second kappa shape index (κ2) is 8.70. The van der Waals surface area contributed by atoms with Crippen LogP contribution in [0.1, 0.15) is 21.1 Å². The molecule has 0 saturated heterocycles. The van der Waals surface area contributed by atoms with Gasteiger partial charge in [-0.05, 0) is 18.2 Å². The highest BCUT2D eigenvalue weighted by atomic mass is 32.2. The number of benzene rings is 1. The van der Waals surface area contributed by atoms with Gasteiger partial charge in [-0.3, -0.25) is 9.59 Å². The molecule has 0 unspecified atom stereocenters. The molecule has 3 rings (SSSR count). The molecule has 0 fully saturated rings. The molecule has 1 aromatic carbocycles. The molecule has 11 heteroatoms. The number of rotatable bonds is 6. The van der Waals surface area contributed by atoms with Gasteiger partial charge in [0.15, 0.2) is 11.6 Å². The first-order valence-corrected chi connectivity index (χ1v) is 9.91. The van der Waals surface area contributed by atoms with E-state index in [1.54, 1.807) is 0 Å². The smallest absolute Gasteiger partial charge is 0.348 e. The minimum absolute atomic E-state index is 0.0938. The number of thiophene rings is 1. The zero-order chi connectivity index (χ0) is 21.1. The Bertz CT molecular complexity index is 1160. The van der Waals surface area contributed by atoms with E-state index in [1.165, 1.54) is 20.3 Å². The number of methoxy groups -OCH3 is 2. The molecule has 3 aromatic rings. The van der Waals surface area contributed by atoms with Crippen molar-refractivity contribution < 1.29 is 27.8 Å². The molecule has 2 aromatic heterocycles. The zero-order valence-corrected chi connectivity index (χ0v) is 16.8. The third-order valence-corrected chi connectivity index (χ3v) is 6.01. The van der Waals surface area contributed by atoms with Gasteiger partial charge in [-0.25, -0.2) is 18.6 Å². The number of H-pyrrole nitrogens is 1. The van der Waals surface area contributed by atoms with Crippen LogP contribution >= 0.6 is 23.1 Å². The summed E-state index contributed by atoms with van der Waals surface area (Å²) in [5.74, 6) is -2.78. The molecular weight excluding hydrogens is 426 g/mol. The van der Waals surface area contributed by atoms with Crippen LogP contribution in [0.15, 0.2) is 27.9 Å². The maximum atomic E-state index is 13.3. The molecule has 0 amide bonds. The Hall–Kier alpha value is -2.79. The number of halogens is 2. The lowest BCUT2D eigenvalue weighted by Gasteiger charge is -2.04. The van der Waals surface area contributed by atoms with Crippen molar-refractivity contribution in [3.05, 3.63) is 56.5 Å². The van der Waals surface area contributed by atoms with Crippen LogP contribution in [0.5, 0.6) is 0 Å². The predicted molar refractivity (Wildman–Crippen MR) is 103 cm³/mol. The van der Waals surface area contributed by atoms with Crippen LogP contribution in [0.4, 0.5) is 8.78 Å². The van der Waals surface area contributed by atoms with E-state index in [9.17, 15) is 23.2 Å². The van der Waals surface area contributed by atoms with Crippen molar-refractivity contribution in [1.82, 2.24) is 9.97 Å². The Morgan fingerprint density at radius 3 is 2.62 bits per heavy atom. The van der Waals surface area contributed by atoms with Crippen molar-refractivity contribution in [2.75, 3.05) is 14.2 Å². The van der Waals surface area contributed by atoms with E-state index in [0.29, 0.717) is 4.90 Å². The van der Waals surface area contributed by atoms with Gasteiger partial charge in [-0.2, -0.15) is 0 Å². The van der Waals surface area contributed by atoms with E-state index in [4.69, 9.17) is 4.74 Å². The lowest BCUT2D eigenvalue weighted by molar-refractivity contribution is -0.139. The van der Waals surface area contributed by atoms with Gasteiger partial charge in [0, 0.05) is 10.5 Å². The van der Waals surface area contributed by atoms with Crippen molar-refractivity contribution >= 4 is 45.3 Å². The maximum Gasteiger partial charge on any atom is 0.348 e. The van der Waals surface area contributed by atoms with Crippen LogP contribution in [0, 0.1) is 11.6 Å². The molecule has 0 saturated carbocycles. The summed E-state index contributed by atoms with van der Waals surface area (Å²) >= 11 is 2.08. The van der Waals surface area contributed by atoms with Crippen LogP contribution in [0.3, 0.4) is 0 Å². The monoisotopic (exact) mass is 440 g/mol. The number of hydrogen-bond donors (Lipinski definition) is 1. The Kier molecular flexibility index (Phi) is 6.28. The number of thioether (sulfide) groups is 1. The fraction of sp³-hybridized carbons (Fsp3) is 0.222. The molecule has 0 spiro atoms. The van der Waals surface area contributed by atoms with E-state index in [2.05, 4.69) is 14.7 Å². The summed E-state index contributed by atoms with van der Waals surface area (Å²) in [7, 11) is 2.39. The number of carbonyl (C=O) groups excluding carboxylic acids is 2. The number of carbonyl (C=O) groups is 2. The number of nitrogens with zero attached hydrogens (tertiary/aromatic N) is 1. The maximum absolute atomic E-state index is 13.3. The molecule has 0 aliphatic heterocycles. The molecule has 2 heterocycles. The normalized spacial score (nSPS) is 10.9. The van der Waals surface area contributed by atoms with Gasteiger partial charge in [0.25, 0.3) is 5.56 Å². The van der Waals surface area contributed by atoms with E-state index >= 15 is 0 Å². The van der Waals surface area contributed by atoms with E-state index < -0.39 is 29.1 Å². The number of hydrogen-bond acceptors (Lipinski definition) is 8. The lowest BCUT2D eigenvalue weighted by Crippen LogP contribution is -2.15. The Morgan fingerprint density at radius 2 is 1.97 bits per heavy atom. The first-order valence-electron chi connectivity index (χ1n) is 8.11.